The van der Waals surface area contributed by atoms with Gasteiger partial charge in [-0.1, -0.05) is 12.1 Å². The molecule has 2 aromatic rings. The van der Waals surface area contributed by atoms with Crippen molar-refractivity contribution in [3.8, 4) is 11.5 Å². The quantitative estimate of drug-likeness (QED) is 0.415. The Morgan fingerprint density at radius 3 is 2.58 bits per heavy atom. The topological polar surface area (TPSA) is 114 Å². The molecule has 2 amide bonds. The summed E-state index contributed by atoms with van der Waals surface area (Å²) in [5, 5.41) is 11.7. The molecule has 0 radical (unpaired) electrons. The van der Waals surface area contributed by atoms with Crippen LogP contribution in [0.2, 0.25) is 0 Å². The van der Waals surface area contributed by atoms with E-state index < -0.39 is 11.9 Å². The maximum absolute atomic E-state index is 12.1. The number of carboxylic acid groups (broad SMARTS) is 1. The van der Waals surface area contributed by atoms with Crippen LogP contribution < -0.4 is 14.8 Å². The summed E-state index contributed by atoms with van der Waals surface area (Å²) in [7, 11) is 1.52. The smallest absolute Gasteiger partial charge is 0.335 e. The number of thioether (sulfide) groups is 1. The summed E-state index contributed by atoms with van der Waals surface area (Å²) in [6.07, 6.45) is 1.67. The fourth-order valence-electron chi connectivity index (χ4n) is 2.63. The van der Waals surface area contributed by atoms with E-state index in [1.165, 1.54) is 26.2 Å². The molecule has 0 aromatic heterocycles. The van der Waals surface area contributed by atoms with Crippen molar-refractivity contribution in [2.45, 2.75) is 13.5 Å². The molecular formula is C21H17IN2O6S. The highest BCUT2D eigenvalue weighted by Crippen LogP contribution is 2.36. The van der Waals surface area contributed by atoms with Gasteiger partial charge in [0.1, 0.15) is 6.61 Å². The minimum Gasteiger partial charge on any atom is -0.493 e. The average Bonchev–Trinajstić information content (AvgIpc) is 3.04. The third-order valence-electron chi connectivity index (χ3n) is 4.04. The molecule has 3 rings (SSSR count). The number of aromatic carboxylic acids is 1. The number of hydrogen-bond acceptors (Lipinski definition) is 6. The maximum atomic E-state index is 12.1. The number of aliphatic imine (C=N–C) groups is 1. The van der Waals surface area contributed by atoms with Crippen LogP contribution in [-0.4, -0.2) is 35.2 Å². The van der Waals surface area contributed by atoms with Crippen LogP contribution in [0.1, 0.15) is 28.4 Å². The van der Waals surface area contributed by atoms with Crippen molar-refractivity contribution in [2.24, 2.45) is 4.99 Å². The van der Waals surface area contributed by atoms with Crippen molar-refractivity contribution < 1.29 is 29.0 Å². The van der Waals surface area contributed by atoms with Gasteiger partial charge >= 0.3 is 5.97 Å². The van der Waals surface area contributed by atoms with E-state index in [2.05, 4.69) is 32.9 Å². The predicted octanol–water partition coefficient (Wildman–Crippen LogP) is 3.68. The molecule has 0 saturated carbocycles. The number of benzene rings is 2. The molecule has 0 spiro atoms. The predicted molar refractivity (Wildman–Crippen MR) is 125 cm³/mol. The van der Waals surface area contributed by atoms with Crippen molar-refractivity contribution in [1.82, 2.24) is 5.32 Å². The first-order chi connectivity index (χ1) is 14.8. The molecule has 0 fully saturated rings. The second-order valence-corrected chi connectivity index (χ2v) is 8.53. The Morgan fingerprint density at radius 1 is 1.26 bits per heavy atom. The first-order valence-corrected chi connectivity index (χ1v) is 10.8. The second-order valence-electron chi connectivity index (χ2n) is 6.34. The van der Waals surface area contributed by atoms with Crippen molar-refractivity contribution in [3.63, 3.8) is 0 Å². The monoisotopic (exact) mass is 552 g/mol. The summed E-state index contributed by atoms with van der Waals surface area (Å²) in [6.45, 7) is 1.58. The van der Waals surface area contributed by atoms with E-state index in [0.717, 1.165) is 26.5 Å². The zero-order valence-electron chi connectivity index (χ0n) is 16.5. The molecule has 8 nitrogen and oxygen atoms in total. The SMILES string of the molecule is COc1cc(/C=C2/SC(NC(C)=O)=NC2=O)cc(I)c1OCc1ccc(C(=O)O)cc1. The first-order valence-electron chi connectivity index (χ1n) is 8.89. The Morgan fingerprint density at radius 2 is 1.97 bits per heavy atom. The number of ether oxygens (including phenoxy) is 2. The largest absolute Gasteiger partial charge is 0.493 e. The van der Waals surface area contributed by atoms with Gasteiger partial charge in [0.2, 0.25) is 5.91 Å². The van der Waals surface area contributed by atoms with Crippen LogP contribution in [0.3, 0.4) is 0 Å². The molecule has 1 aliphatic rings. The van der Waals surface area contributed by atoms with Gasteiger partial charge in [0, 0.05) is 6.92 Å². The number of rotatable bonds is 6. The molecule has 160 valence electrons. The molecule has 31 heavy (non-hydrogen) atoms. The minimum atomic E-state index is -0.984. The molecule has 0 atom stereocenters. The van der Waals surface area contributed by atoms with Crippen LogP contribution in [0.25, 0.3) is 6.08 Å². The lowest BCUT2D eigenvalue weighted by atomic mass is 10.1. The molecule has 2 N–H and O–H groups in total. The minimum absolute atomic E-state index is 0.207. The molecule has 1 aliphatic heterocycles. The van der Waals surface area contributed by atoms with E-state index >= 15 is 0 Å². The molecule has 1 heterocycles. The molecular weight excluding hydrogens is 535 g/mol. The highest BCUT2D eigenvalue weighted by atomic mass is 127. The lowest BCUT2D eigenvalue weighted by Gasteiger charge is -2.14. The third kappa shape index (κ3) is 5.85. The van der Waals surface area contributed by atoms with E-state index in [9.17, 15) is 14.4 Å². The Balaban J connectivity index is 1.77. The van der Waals surface area contributed by atoms with Gasteiger partial charge in [-0.05, 0) is 75.8 Å². The molecule has 0 aliphatic carbocycles. The van der Waals surface area contributed by atoms with Gasteiger partial charge in [-0.15, -0.1) is 0 Å². The Labute approximate surface area is 195 Å². The van der Waals surface area contributed by atoms with Crippen molar-refractivity contribution in [3.05, 3.63) is 61.6 Å². The fraction of sp³-hybridized carbons (Fsp3) is 0.143. The standard InChI is InChI=1S/C21H17IN2O6S/c1-11(25)23-21-24-19(26)17(31-21)9-13-7-15(22)18(16(8-13)29-2)30-10-12-3-5-14(6-4-12)20(27)28/h3-9H,10H2,1-2H3,(H,27,28)(H,23,24,25,26)/b17-9+. The lowest BCUT2D eigenvalue weighted by Crippen LogP contribution is -2.23. The zero-order chi connectivity index (χ0) is 22.5. The van der Waals surface area contributed by atoms with Crippen LogP contribution in [0.5, 0.6) is 11.5 Å². The average molecular weight is 552 g/mol. The number of methoxy groups -OCH3 is 1. The maximum Gasteiger partial charge on any atom is 0.335 e. The van der Waals surface area contributed by atoms with E-state index in [4.69, 9.17) is 14.6 Å². The van der Waals surface area contributed by atoms with E-state index in [1.807, 2.05) is 6.07 Å². The number of amides is 2. The summed E-state index contributed by atoms with van der Waals surface area (Å²) >= 11 is 3.20. The van der Waals surface area contributed by atoms with Crippen LogP contribution in [0.15, 0.2) is 46.3 Å². The number of halogens is 1. The van der Waals surface area contributed by atoms with E-state index in [-0.39, 0.29) is 23.2 Å². The summed E-state index contributed by atoms with van der Waals surface area (Å²) in [5.41, 5.74) is 1.73. The summed E-state index contributed by atoms with van der Waals surface area (Å²) in [5.74, 6) is -0.683. The molecule has 0 unspecified atom stereocenters. The number of carboxylic acids is 1. The number of carbonyl (C=O) groups is 3. The normalized spacial score (nSPS) is 14.4. The summed E-state index contributed by atoms with van der Waals surface area (Å²) < 4.78 is 12.1. The van der Waals surface area contributed by atoms with E-state index in [1.54, 1.807) is 24.3 Å². The van der Waals surface area contributed by atoms with Gasteiger partial charge in [0.15, 0.2) is 16.7 Å². The highest BCUT2D eigenvalue weighted by molar-refractivity contribution is 14.1. The van der Waals surface area contributed by atoms with Crippen LogP contribution in [0, 0.1) is 3.57 Å². The number of amidine groups is 1. The van der Waals surface area contributed by atoms with Gasteiger partial charge in [0.05, 0.1) is 21.1 Å². The van der Waals surface area contributed by atoms with Crippen LogP contribution in [0.4, 0.5) is 0 Å². The first kappa shape index (κ1) is 22.8. The summed E-state index contributed by atoms with van der Waals surface area (Å²) in [4.78, 5) is 38.4. The lowest BCUT2D eigenvalue weighted by molar-refractivity contribution is -0.117. The summed E-state index contributed by atoms with van der Waals surface area (Å²) in [6, 6.07) is 10.00. The van der Waals surface area contributed by atoms with Gasteiger partial charge in [0.25, 0.3) is 5.91 Å². The Hall–Kier alpha value is -2.86. The van der Waals surface area contributed by atoms with Crippen molar-refractivity contribution >= 4 is 63.4 Å². The third-order valence-corrected chi connectivity index (χ3v) is 5.74. The van der Waals surface area contributed by atoms with Crippen LogP contribution >= 0.6 is 34.4 Å². The number of nitrogens with one attached hydrogen (secondary N) is 1. The fourth-order valence-corrected chi connectivity index (χ4v) is 4.27. The van der Waals surface area contributed by atoms with E-state index in [0.29, 0.717) is 16.4 Å². The molecule has 10 heteroatoms. The van der Waals surface area contributed by atoms with Gasteiger partial charge in [-0.3, -0.25) is 9.59 Å². The van der Waals surface area contributed by atoms with Gasteiger partial charge in [-0.2, -0.15) is 4.99 Å². The molecule has 0 bridgehead atoms. The van der Waals surface area contributed by atoms with Crippen molar-refractivity contribution in [2.75, 3.05) is 7.11 Å². The van der Waals surface area contributed by atoms with Crippen LogP contribution in [-0.2, 0) is 16.2 Å². The Kier molecular flexibility index (Phi) is 7.33. The number of hydrogen-bond donors (Lipinski definition) is 2. The Bertz CT molecular complexity index is 1110. The number of nitrogens with zero attached hydrogens (tertiary/aromatic N) is 1. The highest BCUT2D eigenvalue weighted by Gasteiger charge is 2.23. The molecule has 0 saturated heterocycles. The van der Waals surface area contributed by atoms with Crippen molar-refractivity contribution in [1.29, 1.82) is 0 Å². The van der Waals surface area contributed by atoms with Gasteiger partial charge < -0.3 is 19.9 Å². The second kappa shape index (κ2) is 9.96. The molecule has 2 aromatic carbocycles. The zero-order valence-corrected chi connectivity index (χ0v) is 19.4. The number of carbonyl (C=O) groups excluding carboxylic acids is 2. The van der Waals surface area contributed by atoms with Gasteiger partial charge in [-0.25, -0.2) is 4.79 Å².